The average molecular weight is 360 g/mol. The third kappa shape index (κ3) is 4.08. The second-order valence-corrected chi connectivity index (χ2v) is 5.72. The molecule has 1 heterocycles. The Labute approximate surface area is 142 Å². The van der Waals surface area contributed by atoms with Gasteiger partial charge in [-0.25, -0.2) is 0 Å². The van der Waals surface area contributed by atoms with Gasteiger partial charge in [0.2, 0.25) is 0 Å². The number of nitrogens with one attached hydrogen (secondary N) is 1. The number of halogens is 4. The Morgan fingerprint density at radius 1 is 1.38 bits per heavy atom. The minimum absolute atomic E-state index is 0.0478. The largest absolute Gasteiger partial charge is 0.416 e. The standard InChI is InChI=1S/C16H17ClF3N3O/c1-3-4-8-23-14(17)13(10(2)22-23)15(24)21-12-7-5-6-11(9-12)16(18,19)20/h5-7,9H,3-4,8H2,1-2H3,(H,21,24). The fourth-order valence-corrected chi connectivity index (χ4v) is 2.58. The number of unbranched alkanes of at least 4 members (excludes halogenated alkanes) is 1. The molecule has 1 aromatic heterocycles. The lowest BCUT2D eigenvalue weighted by atomic mass is 10.2. The highest BCUT2D eigenvalue weighted by Gasteiger charge is 2.30. The first-order valence-electron chi connectivity index (χ1n) is 7.45. The van der Waals surface area contributed by atoms with E-state index < -0.39 is 17.6 Å². The molecule has 1 amide bonds. The topological polar surface area (TPSA) is 46.9 Å². The molecule has 0 fully saturated rings. The van der Waals surface area contributed by atoms with E-state index in [4.69, 9.17) is 11.6 Å². The van der Waals surface area contributed by atoms with Gasteiger partial charge in [-0.05, 0) is 31.5 Å². The predicted octanol–water partition coefficient (Wildman–Crippen LogP) is 4.92. The summed E-state index contributed by atoms with van der Waals surface area (Å²) >= 11 is 6.19. The molecule has 0 aliphatic rings. The highest BCUT2D eigenvalue weighted by molar-refractivity contribution is 6.33. The fourth-order valence-electron chi connectivity index (χ4n) is 2.23. The summed E-state index contributed by atoms with van der Waals surface area (Å²) in [5.41, 5.74) is -0.181. The molecule has 1 aromatic carbocycles. The van der Waals surface area contributed by atoms with E-state index in [-0.39, 0.29) is 16.4 Å². The van der Waals surface area contributed by atoms with Crippen LogP contribution in [0.15, 0.2) is 24.3 Å². The maximum absolute atomic E-state index is 12.7. The van der Waals surface area contributed by atoms with Crippen molar-refractivity contribution < 1.29 is 18.0 Å². The molecule has 0 bridgehead atoms. The number of anilines is 1. The molecule has 2 aromatic rings. The molecule has 0 aliphatic carbocycles. The number of amides is 1. The third-order valence-corrected chi connectivity index (χ3v) is 3.85. The molecule has 8 heteroatoms. The second-order valence-electron chi connectivity index (χ2n) is 5.36. The molecule has 0 unspecified atom stereocenters. The minimum Gasteiger partial charge on any atom is -0.322 e. The molecule has 0 radical (unpaired) electrons. The number of rotatable bonds is 5. The molecule has 24 heavy (non-hydrogen) atoms. The van der Waals surface area contributed by atoms with Crippen molar-refractivity contribution in [2.45, 2.75) is 39.4 Å². The first-order valence-corrected chi connectivity index (χ1v) is 7.83. The Kier molecular flexibility index (Phi) is 5.54. The van der Waals surface area contributed by atoms with E-state index in [9.17, 15) is 18.0 Å². The first-order chi connectivity index (χ1) is 11.2. The zero-order chi connectivity index (χ0) is 17.9. The molecule has 0 saturated heterocycles. The zero-order valence-corrected chi connectivity index (χ0v) is 14.0. The molecule has 130 valence electrons. The van der Waals surface area contributed by atoms with Crippen LogP contribution in [0.5, 0.6) is 0 Å². The van der Waals surface area contributed by atoms with Crippen LogP contribution in [-0.4, -0.2) is 15.7 Å². The highest BCUT2D eigenvalue weighted by atomic mass is 35.5. The van der Waals surface area contributed by atoms with E-state index in [2.05, 4.69) is 10.4 Å². The van der Waals surface area contributed by atoms with Gasteiger partial charge in [0.1, 0.15) is 5.15 Å². The van der Waals surface area contributed by atoms with E-state index in [1.165, 1.54) is 16.8 Å². The van der Waals surface area contributed by atoms with Crippen LogP contribution >= 0.6 is 11.6 Å². The SMILES string of the molecule is CCCCn1nc(C)c(C(=O)Nc2cccc(C(F)(F)F)c2)c1Cl. The van der Waals surface area contributed by atoms with Crippen molar-refractivity contribution in [3.63, 3.8) is 0 Å². The highest BCUT2D eigenvalue weighted by Crippen LogP contribution is 2.31. The zero-order valence-electron chi connectivity index (χ0n) is 13.2. The molecule has 0 spiro atoms. The first kappa shape index (κ1) is 18.3. The normalized spacial score (nSPS) is 11.6. The predicted molar refractivity (Wildman–Crippen MR) is 86.3 cm³/mol. The van der Waals surface area contributed by atoms with Crippen molar-refractivity contribution in [3.8, 4) is 0 Å². The quantitative estimate of drug-likeness (QED) is 0.824. The van der Waals surface area contributed by atoms with Crippen LogP contribution in [0.2, 0.25) is 5.15 Å². The Hall–Kier alpha value is -2.02. The summed E-state index contributed by atoms with van der Waals surface area (Å²) in [6.07, 6.45) is -2.67. The number of benzene rings is 1. The van der Waals surface area contributed by atoms with Gasteiger partial charge in [0, 0.05) is 12.2 Å². The molecule has 2 rings (SSSR count). The van der Waals surface area contributed by atoms with Gasteiger partial charge in [-0.3, -0.25) is 9.48 Å². The van der Waals surface area contributed by atoms with Gasteiger partial charge in [-0.2, -0.15) is 18.3 Å². The van der Waals surface area contributed by atoms with Crippen LogP contribution in [0.1, 0.15) is 41.4 Å². The molecule has 1 N–H and O–H groups in total. The van der Waals surface area contributed by atoms with Gasteiger partial charge in [0.15, 0.2) is 0 Å². The summed E-state index contributed by atoms with van der Waals surface area (Å²) in [7, 11) is 0. The maximum Gasteiger partial charge on any atom is 0.416 e. The summed E-state index contributed by atoms with van der Waals surface area (Å²) in [5, 5.41) is 6.84. The van der Waals surface area contributed by atoms with Gasteiger partial charge < -0.3 is 5.32 Å². The Bertz CT molecular complexity index is 741. The van der Waals surface area contributed by atoms with Gasteiger partial charge >= 0.3 is 6.18 Å². The second kappa shape index (κ2) is 7.25. The summed E-state index contributed by atoms with van der Waals surface area (Å²) in [4.78, 5) is 12.4. The fraction of sp³-hybridized carbons (Fsp3) is 0.375. The molecular weight excluding hydrogens is 343 g/mol. The Morgan fingerprint density at radius 2 is 2.08 bits per heavy atom. The van der Waals surface area contributed by atoms with Crippen LogP contribution in [0.3, 0.4) is 0 Å². The number of carbonyl (C=O) groups excluding carboxylic acids is 1. The Morgan fingerprint density at radius 3 is 2.71 bits per heavy atom. The number of hydrogen-bond acceptors (Lipinski definition) is 2. The van der Waals surface area contributed by atoms with Crippen molar-refractivity contribution in [2.75, 3.05) is 5.32 Å². The lowest BCUT2D eigenvalue weighted by Crippen LogP contribution is -2.14. The Balaban J connectivity index is 2.23. The van der Waals surface area contributed by atoms with Crippen LogP contribution < -0.4 is 5.32 Å². The van der Waals surface area contributed by atoms with Crippen molar-refractivity contribution >= 4 is 23.2 Å². The molecule has 0 aliphatic heterocycles. The number of aromatic nitrogens is 2. The smallest absolute Gasteiger partial charge is 0.322 e. The lowest BCUT2D eigenvalue weighted by molar-refractivity contribution is -0.137. The maximum atomic E-state index is 12.7. The molecule has 0 saturated carbocycles. The van der Waals surface area contributed by atoms with Crippen LogP contribution in [0.25, 0.3) is 0 Å². The van der Waals surface area contributed by atoms with Gasteiger partial charge in [0.05, 0.1) is 16.8 Å². The van der Waals surface area contributed by atoms with Crippen molar-refractivity contribution in [2.24, 2.45) is 0 Å². The molecule has 4 nitrogen and oxygen atoms in total. The number of nitrogens with zero attached hydrogens (tertiary/aromatic N) is 2. The van der Waals surface area contributed by atoms with E-state index in [1.807, 2.05) is 6.92 Å². The number of carbonyl (C=O) groups is 1. The van der Waals surface area contributed by atoms with Crippen molar-refractivity contribution in [1.29, 1.82) is 0 Å². The van der Waals surface area contributed by atoms with Crippen LogP contribution in [0, 0.1) is 6.92 Å². The van der Waals surface area contributed by atoms with Crippen molar-refractivity contribution in [3.05, 3.63) is 46.2 Å². The summed E-state index contributed by atoms with van der Waals surface area (Å²) in [5.74, 6) is -0.584. The summed E-state index contributed by atoms with van der Waals surface area (Å²) in [6.45, 7) is 4.23. The van der Waals surface area contributed by atoms with Crippen LogP contribution in [-0.2, 0) is 12.7 Å². The van der Waals surface area contributed by atoms with E-state index in [0.29, 0.717) is 12.2 Å². The molecular formula is C16H17ClF3N3O. The number of hydrogen-bond donors (Lipinski definition) is 1. The average Bonchev–Trinajstić information content (AvgIpc) is 2.78. The third-order valence-electron chi connectivity index (χ3n) is 3.46. The van der Waals surface area contributed by atoms with Gasteiger partial charge in [-0.1, -0.05) is 31.0 Å². The van der Waals surface area contributed by atoms with E-state index in [0.717, 1.165) is 25.0 Å². The summed E-state index contributed by atoms with van der Waals surface area (Å²) < 4.78 is 39.7. The van der Waals surface area contributed by atoms with Gasteiger partial charge in [-0.15, -0.1) is 0 Å². The van der Waals surface area contributed by atoms with Gasteiger partial charge in [0.25, 0.3) is 5.91 Å². The van der Waals surface area contributed by atoms with E-state index in [1.54, 1.807) is 6.92 Å². The number of aryl methyl sites for hydroxylation is 2. The lowest BCUT2D eigenvalue weighted by Gasteiger charge is -2.10. The van der Waals surface area contributed by atoms with E-state index >= 15 is 0 Å². The van der Waals surface area contributed by atoms with Crippen LogP contribution in [0.4, 0.5) is 18.9 Å². The number of alkyl halides is 3. The van der Waals surface area contributed by atoms with Crippen molar-refractivity contribution in [1.82, 2.24) is 9.78 Å². The minimum atomic E-state index is -4.47. The monoisotopic (exact) mass is 359 g/mol. The molecule has 0 atom stereocenters. The summed E-state index contributed by atoms with van der Waals surface area (Å²) in [6, 6.07) is 4.44.